The minimum Gasteiger partial charge on any atom is -0.505 e. The Morgan fingerprint density at radius 2 is 1.96 bits per heavy atom. The van der Waals surface area contributed by atoms with Crippen LogP contribution in [0.25, 0.3) is 0 Å². The predicted octanol–water partition coefficient (Wildman–Crippen LogP) is 3.25. The van der Waals surface area contributed by atoms with Crippen LogP contribution < -0.4 is 10.6 Å². The molecule has 1 aromatic carbocycles. The van der Waals surface area contributed by atoms with Crippen LogP contribution in [-0.4, -0.2) is 54.9 Å². The number of nitrogens with one attached hydrogen (secondary N) is 2. The number of aliphatic imine (C=N–C) groups is 1. The number of phenolic OH excluding ortho intramolecular Hbond substituents is 1. The van der Waals surface area contributed by atoms with E-state index in [4.69, 9.17) is 0 Å². The molecule has 28 heavy (non-hydrogen) atoms. The number of aromatic hydroxyl groups is 1. The molecular weight excluding hydrogens is 376 g/mol. The molecule has 1 saturated heterocycles. The van der Waals surface area contributed by atoms with Crippen LogP contribution in [0.5, 0.6) is 5.75 Å². The van der Waals surface area contributed by atoms with Gasteiger partial charge in [-0.15, -0.1) is 0 Å². The fraction of sp³-hybridized carbons (Fsp3) is 0.632. The summed E-state index contributed by atoms with van der Waals surface area (Å²) < 4.78 is 50.7. The van der Waals surface area contributed by atoms with Gasteiger partial charge in [-0.25, -0.2) is 9.38 Å². The van der Waals surface area contributed by atoms with E-state index >= 15 is 0 Å². The molecular formula is C19H28F4N4O. The van der Waals surface area contributed by atoms with Crippen molar-refractivity contribution in [1.82, 2.24) is 15.5 Å². The van der Waals surface area contributed by atoms with Gasteiger partial charge >= 0.3 is 6.18 Å². The van der Waals surface area contributed by atoms with Crippen molar-refractivity contribution in [2.75, 3.05) is 32.7 Å². The third kappa shape index (κ3) is 7.92. The van der Waals surface area contributed by atoms with Crippen LogP contribution in [0, 0.1) is 11.7 Å². The minimum atomic E-state index is -4.13. The number of guanidine groups is 1. The summed E-state index contributed by atoms with van der Waals surface area (Å²) >= 11 is 0. The Bertz CT molecular complexity index is 643. The first-order valence-electron chi connectivity index (χ1n) is 9.55. The zero-order valence-electron chi connectivity index (χ0n) is 16.0. The first-order valence-corrected chi connectivity index (χ1v) is 9.55. The normalized spacial score (nSPS) is 17.0. The van der Waals surface area contributed by atoms with E-state index in [1.165, 1.54) is 17.0 Å². The Morgan fingerprint density at radius 3 is 2.57 bits per heavy atom. The van der Waals surface area contributed by atoms with Crippen molar-refractivity contribution in [1.29, 1.82) is 0 Å². The van der Waals surface area contributed by atoms with Gasteiger partial charge in [0.1, 0.15) is 0 Å². The number of halogens is 4. The van der Waals surface area contributed by atoms with Gasteiger partial charge in [0.15, 0.2) is 17.5 Å². The summed E-state index contributed by atoms with van der Waals surface area (Å²) in [5, 5.41) is 15.6. The molecule has 0 bridgehead atoms. The van der Waals surface area contributed by atoms with Crippen LogP contribution >= 0.6 is 0 Å². The smallest absolute Gasteiger partial charge is 0.401 e. The lowest BCUT2D eigenvalue weighted by atomic mass is 9.93. The molecule has 0 spiro atoms. The van der Waals surface area contributed by atoms with Gasteiger partial charge in [-0.1, -0.05) is 6.07 Å². The van der Waals surface area contributed by atoms with Gasteiger partial charge in [0.25, 0.3) is 0 Å². The van der Waals surface area contributed by atoms with E-state index in [-0.39, 0.29) is 12.3 Å². The van der Waals surface area contributed by atoms with E-state index in [1.54, 1.807) is 6.07 Å². The second-order valence-electron chi connectivity index (χ2n) is 7.03. The molecule has 2 rings (SSSR count). The maximum atomic E-state index is 13.4. The number of hydrogen-bond donors (Lipinski definition) is 3. The van der Waals surface area contributed by atoms with Crippen molar-refractivity contribution >= 4 is 5.96 Å². The summed E-state index contributed by atoms with van der Waals surface area (Å²) in [5.41, 5.74) is 0.643. The monoisotopic (exact) mass is 404 g/mol. The second-order valence-corrected chi connectivity index (χ2v) is 7.03. The molecule has 1 aliphatic heterocycles. The fourth-order valence-electron chi connectivity index (χ4n) is 3.24. The molecule has 158 valence electrons. The van der Waals surface area contributed by atoms with E-state index in [9.17, 15) is 22.7 Å². The first-order chi connectivity index (χ1) is 13.3. The number of piperidine rings is 1. The Labute approximate surface area is 162 Å². The highest BCUT2D eigenvalue weighted by Crippen LogP contribution is 2.24. The number of alkyl halides is 3. The Hall–Kier alpha value is -2.03. The Balaban J connectivity index is 1.75. The van der Waals surface area contributed by atoms with Crippen LogP contribution in [0.15, 0.2) is 23.2 Å². The first kappa shape index (κ1) is 22.3. The second kappa shape index (κ2) is 10.5. The zero-order valence-corrected chi connectivity index (χ0v) is 16.0. The molecule has 5 nitrogen and oxygen atoms in total. The minimum absolute atomic E-state index is 0.266. The maximum Gasteiger partial charge on any atom is 0.401 e. The Morgan fingerprint density at radius 1 is 1.25 bits per heavy atom. The third-order valence-corrected chi connectivity index (χ3v) is 4.73. The molecule has 0 aromatic heterocycles. The van der Waals surface area contributed by atoms with Crippen LogP contribution in [0.2, 0.25) is 0 Å². The van der Waals surface area contributed by atoms with E-state index in [0.717, 1.165) is 19.3 Å². The van der Waals surface area contributed by atoms with Crippen molar-refractivity contribution in [3.8, 4) is 5.75 Å². The molecule has 9 heteroatoms. The van der Waals surface area contributed by atoms with Crippen molar-refractivity contribution in [3.05, 3.63) is 29.6 Å². The average molecular weight is 404 g/mol. The molecule has 1 aromatic rings. The lowest BCUT2D eigenvalue weighted by Crippen LogP contribution is -2.41. The van der Waals surface area contributed by atoms with Gasteiger partial charge in [-0.05, 0) is 62.9 Å². The Kier molecular flexibility index (Phi) is 8.35. The summed E-state index contributed by atoms with van der Waals surface area (Å²) in [7, 11) is 0. The maximum absolute atomic E-state index is 13.4. The fourth-order valence-corrected chi connectivity index (χ4v) is 3.24. The van der Waals surface area contributed by atoms with Crippen LogP contribution in [0.3, 0.4) is 0 Å². The topological polar surface area (TPSA) is 59.9 Å². The van der Waals surface area contributed by atoms with Crippen molar-refractivity contribution in [2.24, 2.45) is 10.9 Å². The number of phenols is 1. The molecule has 3 N–H and O–H groups in total. The van der Waals surface area contributed by atoms with Crippen molar-refractivity contribution in [3.63, 3.8) is 0 Å². The number of hydrogen-bond acceptors (Lipinski definition) is 3. The van der Waals surface area contributed by atoms with E-state index in [2.05, 4.69) is 15.6 Å². The average Bonchev–Trinajstić information content (AvgIpc) is 2.62. The highest BCUT2D eigenvalue weighted by molar-refractivity contribution is 5.79. The summed E-state index contributed by atoms with van der Waals surface area (Å²) in [6, 6.07) is 4.16. The number of rotatable bonds is 7. The third-order valence-electron chi connectivity index (χ3n) is 4.73. The standard InChI is InChI=1S/C19H28F4N4O/c1-2-24-18(26-12-15-3-4-17(28)16(20)11-15)25-8-5-14-6-9-27(10-7-14)13-19(21,22)23/h3-4,11,14,28H,2,5-10,12-13H2,1H3,(H2,24,25,26). The highest BCUT2D eigenvalue weighted by Gasteiger charge is 2.32. The number of nitrogens with zero attached hydrogens (tertiary/aromatic N) is 2. The van der Waals surface area contributed by atoms with Crippen molar-refractivity contribution in [2.45, 2.75) is 38.9 Å². The molecule has 1 aliphatic rings. The lowest BCUT2D eigenvalue weighted by Gasteiger charge is -2.32. The van der Waals surface area contributed by atoms with Crippen LogP contribution in [0.4, 0.5) is 17.6 Å². The van der Waals surface area contributed by atoms with E-state index < -0.39 is 18.5 Å². The summed E-state index contributed by atoms with van der Waals surface area (Å²) in [6.45, 7) is 3.67. The zero-order chi connectivity index (χ0) is 20.6. The highest BCUT2D eigenvalue weighted by atomic mass is 19.4. The van der Waals surface area contributed by atoms with Crippen LogP contribution in [-0.2, 0) is 6.54 Å². The molecule has 0 saturated carbocycles. The lowest BCUT2D eigenvalue weighted by molar-refractivity contribution is -0.148. The molecule has 1 fully saturated rings. The molecule has 0 aliphatic carbocycles. The van der Waals surface area contributed by atoms with Gasteiger partial charge in [-0.3, -0.25) is 4.90 Å². The van der Waals surface area contributed by atoms with E-state index in [0.29, 0.717) is 43.6 Å². The van der Waals surface area contributed by atoms with Crippen molar-refractivity contribution < 1.29 is 22.7 Å². The number of likely N-dealkylation sites (tertiary alicyclic amines) is 1. The SMILES string of the molecule is CCNC(=NCc1ccc(O)c(F)c1)NCCC1CCN(CC(F)(F)F)CC1. The molecule has 1 heterocycles. The molecule has 0 radical (unpaired) electrons. The quantitative estimate of drug-likeness (QED) is 0.371. The van der Waals surface area contributed by atoms with Gasteiger partial charge in [0.2, 0.25) is 0 Å². The molecule has 0 amide bonds. The summed E-state index contributed by atoms with van der Waals surface area (Å²) in [5.74, 6) is -0.0712. The van der Waals surface area contributed by atoms with Gasteiger partial charge in [-0.2, -0.15) is 13.2 Å². The summed E-state index contributed by atoms with van der Waals surface area (Å²) in [4.78, 5) is 5.87. The van der Waals surface area contributed by atoms with E-state index in [1.807, 2.05) is 6.92 Å². The largest absolute Gasteiger partial charge is 0.505 e. The summed E-state index contributed by atoms with van der Waals surface area (Å²) in [6.07, 6.45) is -1.75. The molecule has 0 unspecified atom stereocenters. The van der Waals surface area contributed by atoms with Gasteiger partial charge in [0, 0.05) is 13.1 Å². The predicted molar refractivity (Wildman–Crippen MR) is 101 cm³/mol. The van der Waals surface area contributed by atoms with Gasteiger partial charge in [0.05, 0.1) is 13.1 Å². The molecule has 0 atom stereocenters. The van der Waals surface area contributed by atoms with Crippen LogP contribution in [0.1, 0.15) is 31.7 Å². The number of benzene rings is 1. The van der Waals surface area contributed by atoms with Gasteiger partial charge < -0.3 is 15.7 Å².